The summed E-state index contributed by atoms with van der Waals surface area (Å²) in [6.07, 6.45) is 5.74. The van der Waals surface area contributed by atoms with E-state index in [1.807, 2.05) is 0 Å². The number of anilines is 2. The van der Waals surface area contributed by atoms with Gasteiger partial charge in [0.15, 0.2) is 5.78 Å². The van der Waals surface area contributed by atoms with Gasteiger partial charge < -0.3 is 9.80 Å². The van der Waals surface area contributed by atoms with E-state index in [9.17, 15) is 4.79 Å². The average Bonchev–Trinajstić information content (AvgIpc) is 3.11. The molecule has 30 heavy (non-hydrogen) atoms. The van der Waals surface area contributed by atoms with Crippen molar-refractivity contribution in [2.75, 3.05) is 36.0 Å². The lowest BCUT2D eigenvalue weighted by Crippen LogP contribution is -2.22. The summed E-state index contributed by atoms with van der Waals surface area (Å²) in [5.41, 5.74) is 6.75. The third kappa shape index (κ3) is 4.67. The molecular formula is C27H34N2O. The lowest BCUT2D eigenvalue weighted by Gasteiger charge is -2.24. The van der Waals surface area contributed by atoms with Gasteiger partial charge in [0, 0.05) is 49.5 Å². The van der Waals surface area contributed by atoms with Crippen molar-refractivity contribution in [3.05, 3.63) is 70.8 Å². The van der Waals surface area contributed by atoms with Crippen molar-refractivity contribution in [3.63, 3.8) is 0 Å². The molecule has 0 N–H and O–H groups in total. The summed E-state index contributed by atoms with van der Waals surface area (Å²) >= 11 is 0. The standard InChI is InChI=1S/C27H34N2O/c1-5-28(6-2)25-15-11-9-13-22(25)19-21-17-18-27(30)24(21)20-23-14-10-12-16-26(23)29(7-3)8-4/h9-16,19-20H,5-8,17-18H2,1-4H3/b21-19-,24-20-. The number of ketones is 1. The monoisotopic (exact) mass is 402 g/mol. The largest absolute Gasteiger partial charge is 0.372 e. The fraction of sp³-hybridized carbons (Fsp3) is 0.370. The predicted octanol–water partition coefficient (Wildman–Crippen LogP) is 6.21. The first-order valence-electron chi connectivity index (χ1n) is 11.3. The topological polar surface area (TPSA) is 23.6 Å². The van der Waals surface area contributed by atoms with E-state index >= 15 is 0 Å². The summed E-state index contributed by atoms with van der Waals surface area (Å²) in [5, 5.41) is 0. The normalized spacial score (nSPS) is 16.5. The van der Waals surface area contributed by atoms with Crippen LogP contribution in [0.4, 0.5) is 11.4 Å². The highest BCUT2D eigenvalue weighted by Crippen LogP contribution is 2.34. The molecule has 3 heteroatoms. The number of hydrogen-bond donors (Lipinski definition) is 0. The highest BCUT2D eigenvalue weighted by Gasteiger charge is 2.23. The van der Waals surface area contributed by atoms with Crippen LogP contribution in [-0.2, 0) is 4.79 Å². The van der Waals surface area contributed by atoms with Gasteiger partial charge in [0.2, 0.25) is 0 Å². The minimum Gasteiger partial charge on any atom is -0.372 e. The van der Waals surface area contributed by atoms with E-state index < -0.39 is 0 Å². The third-order valence-electron chi connectivity index (χ3n) is 5.98. The van der Waals surface area contributed by atoms with Crippen LogP contribution < -0.4 is 9.80 Å². The molecule has 0 heterocycles. The highest BCUT2D eigenvalue weighted by molar-refractivity contribution is 6.08. The second-order valence-corrected chi connectivity index (χ2v) is 7.61. The van der Waals surface area contributed by atoms with Crippen LogP contribution in [-0.4, -0.2) is 32.0 Å². The molecule has 0 spiro atoms. The molecule has 3 rings (SSSR count). The Labute approximate surface area is 181 Å². The van der Waals surface area contributed by atoms with Crippen LogP contribution in [0.5, 0.6) is 0 Å². The quantitative estimate of drug-likeness (QED) is 0.491. The molecule has 1 saturated carbocycles. The van der Waals surface area contributed by atoms with Gasteiger partial charge in [-0.25, -0.2) is 0 Å². The molecule has 0 bridgehead atoms. The molecule has 158 valence electrons. The number of benzene rings is 2. The number of hydrogen-bond acceptors (Lipinski definition) is 3. The van der Waals surface area contributed by atoms with E-state index in [2.05, 4.69) is 98.2 Å². The van der Waals surface area contributed by atoms with Gasteiger partial charge in [-0.3, -0.25) is 4.79 Å². The Kier molecular flexibility index (Phi) is 7.51. The Morgan fingerprint density at radius 1 is 0.700 bits per heavy atom. The molecular weight excluding hydrogens is 368 g/mol. The van der Waals surface area contributed by atoms with E-state index in [0.717, 1.165) is 49.3 Å². The number of allylic oxidation sites excluding steroid dienone is 2. The van der Waals surface area contributed by atoms with Crippen molar-refractivity contribution in [3.8, 4) is 0 Å². The molecule has 2 aromatic rings. The van der Waals surface area contributed by atoms with Crippen LogP contribution in [0.3, 0.4) is 0 Å². The number of rotatable bonds is 8. The fourth-order valence-electron chi connectivity index (χ4n) is 4.29. The number of Topliss-reactive ketones (excluding diaryl/α,β-unsaturated/α-hetero) is 1. The van der Waals surface area contributed by atoms with Crippen LogP contribution in [0, 0.1) is 0 Å². The first kappa shape index (κ1) is 21.9. The van der Waals surface area contributed by atoms with Gasteiger partial charge in [-0.15, -0.1) is 0 Å². The molecule has 0 saturated heterocycles. The highest BCUT2D eigenvalue weighted by atomic mass is 16.1. The minimum absolute atomic E-state index is 0.246. The Morgan fingerprint density at radius 2 is 1.17 bits per heavy atom. The smallest absolute Gasteiger partial charge is 0.163 e. The molecule has 0 aromatic heterocycles. The Bertz CT molecular complexity index is 933. The lowest BCUT2D eigenvalue weighted by atomic mass is 10.0. The molecule has 0 aliphatic heterocycles. The van der Waals surface area contributed by atoms with Gasteiger partial charge in [-0.05, 0) is 75.1 Å². The van der Waals surface area contributed by atoms with Gasteiger partial charge in [0.1, 0.15) is 0 Å². The number of carbonyl (C=O) groups excluding carboxylic acids is 1. The molecule has 1 fully saturated rings. The van der Waals surface area contributed by atoms with Gasteiger partial charge in [-0.1, -0.05) is 36.4 Å². The van der Waals surface area contributed by atoms with Crippen molar-refractivity contribution >= 4 is 29.3 Å². The van der Waals surface area contributed by atoms with Crippen LogP contribution >= 0.6 is 0 Å². The summed E-state index contributed by atoms with van der Waals surface area (Å²) in [6.45, 7) is 12.5. The second-order valence-electron chi connectivity index (χ2n) is 7.61. The van der Waals surface area contributed by atoms with E-state index in [0.29, 0.717) is 6.42 Å². The van der Waals surface area contributed by atoms with E-state index in [1.165, 1.54) is 16.9 Å². The Morgan fingerprint density at radius 3 is 1.67 bits per heavy atom. The van der Waals surface area contributed by atoms with Crippen LogP contribution in [0.15, 0.2) is 59.7 Å². The summed E-state index contributed by atoms with van der Waals surface area (Å²) < 4.78 is 0. The first-order chi connectivity index (χ1) is 14.6. The SMILES string of the molecule is CCN(CC)c1ccccc1/C=C1/CCC(=O)/C1=C\c1ccccc1N(CC)CC. The Balaban J connectivity index is 2.05. The zero-order valence-corrected chi connectivity index (χ0v) is 18.8. The van der Waals surface area contributed by atoms with Crippen molar-refractivity contribution < 1.29 is 4.79 Å². The zero-order valence-electron chi connectivity index (χ0n) is 18.8. The maximum atomic E-state index is 12.8. The molecule has 0 atom stereocenters. The van der Waals surface area contributed by atoms with Crippen molar-refractivity contribution in [2.24, 2.45) is 0 Å². The molecule has 3 nitrogen and oxygen atoms in total. The van der Waals surface area contributed by atoms with Gasteiger partial charge in [0.25, 0.3) is 0 Å². The number of carbonyl (C=O) groups is 1. The average molecular weight is 403 g/mol. The van der Waals surface area contributed by atoms with Crippen molar-refractivity contribution in [1.82, 2.24) is 0 Å². The predicted molar refractivity (Wildman–Crippen MR) is 130 cm³/mol. The summed E-state index contributed by atoms with van der Waals surface area (Å²) in [4.78, 5) is 17.5. The molecule has 0 amide bonds. The number of nitrogens with zero attached hydrogens (tertiary/aromatic N) is 2. The maximum absolute atomic E-state index is 12.8. The molecule has 0 unspecified atom stereocenters. The van der Waals surface area contributed by atoms with Crippen LogP contribution in [0.1, 0.15) is 51.7 Å². The third-order valence-corrected chi connectivity index (χ3v) is 5.98. The maximum Gasteiger partial charge on any atom is 0.163 e. The van der Waals surface area contributed by atoms with E-state index in [4.69, 9.17) is 0 Å². The zero-order chi connectivity index (χ0) is 21.5. The van der Waals surface area contributed by atoms with Crippen LogP contribution in [0.25, 0.3) is 12.2 Å². The minimum atomic E-state index is 0.246. The summed E-state index contributed by atoms with van der Waals surface area (Å²) in [6, 6.07) is 16.9. The van der Waals surface area contributed by atoms with Gasteiger partial charge in [0.05, 0.1) is 0 Å². The van der Waals surface area contributed by atoms with Gasteiger partial charge in [-0.2, -0.15) is 0 Å². The molecule has 1 aliphatic carbocycles. The molecule has 2 aromatic carbocycles. The van der Waals surface area contributed by atoms with Gasteiger partial charge >= 0.3 is 0 Å². The summed E-state index contributed by atoms with van der Waals surface area (Å²) in [7, 11) is 0. The van der Waals surface area contributed by atoms with E-state index in [-0.39, 0.29) is 5.78 Å². The van der Waals surface area contributed by atoms with Crippen LogP contribution in [0.2, 0.25) is 0 Å². The second kappa shape index (κ2) is 10.3. The van der Waals surface area contributed by atoms with E-state index in [1.54, 1.807) is 0 Å². The lowest BCUT2D eigenvalue weighted by molar-refractivity contribution is -0.114. The first-order valence-corrected chi connectivity index (χ1v) is 11.3. The fourth-order valence-corrected chi connectivity index (χ4v) is 4.29. The molecule has 1 aliphatic rings. The van der Waals surface area contributed by atoms with Crippen molar-refractivity contribution in [2.45, 2.75) is 40.5 Å². The van der Waals surface area contributed by atoms with Crippen molar-refractivity contribution in [1.29, 1.82) is 0 Å². The molecule has 0 radical (unpaired) electrons. The Hall–Kier alpha value is -2.81. The summed E-state index contributed by atoms with van der Waals surface area (Å²) in [5.74, 6) is 0.246. The number of para-hydroxylation sites is 2.